The van der Waals surface area contributed by atoms with Gasteiger partial charge in [-0.1, -0.05) is 6.07 Å². The number of pyridine rings is 1. The molecule has 0 saturated carbocycles. The van der Waals surface area contributed by atoms with Crippen LogP contribution in [0.25, 0.3) is 11.1 Å². The van der Waals surface area contributed by atoms with Crippen molar-refractivity contribution < 1.29 is 0 Å². The van der Waals surface area contributed by atoms with E-state index in [0.717, 1.165) is 18.5 Å². The standard InChI is InChI=1S/C12H16N4/c1-13-7-5-12-11(9-15-16(12)2)10-4-3-6-14-8-10/h3-4,6,8-9,13H,5,7H2,1-2H3. The van der Waals surface area contributed by atoms with Crippen molar-refractivity contribution in [1.82, 2.24) is 20.1 Å². The maximum atomic E-state index is 4.31. The highest BCUT2D eigenvalue weighted by Gasteiger charge is 2.09. The molecule has 84 valence electrons. The van der Waals surface area contributed by atoms with Crippen molar-refractivity contribution in [3.05, 3.63) is 36.4 Å². The van der Waals surface area contributed by atoms with Gasteiger partial charge in [-0.3, -0.25) is 9.67 Å². The van der Waals surface area contributed by atoms with Crippen molar-refractivity contribution in [1.29, 1.82) is 0 Å². The number of aromatic nitrogens is 3. The van der Waals surface area contributed by atoms with Gasteiger partial charge in [0.15, 0.2) is 0 Å². The van der Waals surface area contributed by atoms with Crippen molar-refractivity contribution >= 4 is 0 Å². The summed E-state index contributed by atoms with van der Waals surface area (Å²) in [5.41, 5.74) is 3.54. The highest BCUT2D eigenvalue weighted by molar-refractivity contribution is 5.64. The molecule has 2 aromatic rings. The van der Waals surface area contributed by atoms with Gasteiger partial charge in [0.25, 0.3) is 0 Å². The third-order valence-corrected chi connectivity index (χ3v) is 2.65. The minimum atomic E-state index is 0.951. The van der Waals surface area contributed by atoms with Crippen LogP contribution in [-0.2, 0) is 13.5 Å². The van der Waals surface area contributed by atoms with Gasteiger partial charge >= 0.3 is 0 Å². The second-order valence-electron chi connectivity index (χ2n) is 3.72. The van der Waals surface area contributed by atoms with Crippen molar-refractivity contribution in [2.45, 2.75) is 6.42 Å². The molecule has 0 bridgehead atoms. The maximum absolute atomic E-state index is 4.31. The van der Waals surface area contributed by atoms with Gasteiger partial charge in [-0.25, -0.2) is 0 Å². The zero-order chi connectivity index (χ0) is 11.4. The number of nitrogens with zero attached hydrogens (tertiary/aromatic N) is 3. The van der Waals surface area contributed by atoms with Gasteiger partial charge < -0.3 is 5.32 Å². The molecule has 2 rings (SSSR count). The van der Waals surface area contributed by atoms with Crippen molar-refractivity contribution in [3.8, 4) is 11.1 Å². The number of hydrogen-bond donors (Lipinski definition) is 1. The number of rotatable bonds is 4. The Morgan fingerprint density at radius 2 is 2.25 bits per heavy atom. The molecule has 0 fully saturated rings. The van der Waals surface area contributed by atoms with Crippen LogP contribution in [-0.4, -0.2) is 28.4 Å². The molecular weight excluding hydrogens is 200 g/mol. The Morgan fingerprint density at radius 1 is 1.38 bits per heavy atom. The Balaban J connectivity index is 2.34. The largest absolute Gasteiger partial charge is 0.319 e. The molecule has 4 heteroatoms. The van der Waals surface area contributed by atoms with E-state index in [1.165, 1.54) is 11.3 Å². The van der Waals surface area contributed by atoms with E-state index in [0.29, 0.717) is 0 Å². The first kappa shape index (κ1) is 10.8. The van der Waals surface area contributed by atoms with Crippen LogP contribution in [0.2, 0.25) is 0 Å². The summed E-state index contributed by atoms with van der Waals surface area (Å²) in [6, 6.07) is 4.01. The third kappa shape index (κ3) is 2.12. The molecule has 2 heterocycles. The Bertz CT molecular complexity index is 447. The smallest absolute Gasteiger partial charge is 0.0571 e. The molecule has 0 aliphatic carbocycles. The first-order valence-electron chi connectivity index (χ1n) is 5.39. The molecule has 0 aromatic carbocycles. The maximum Gasteiger partial charge on any atom is 0.0571 e. The van der Waals surface area contributed by atoms with Crippen LogP contribution in [0.1, 0.15) is 5.69 Å². The van der Waals surface area contributed by atoms with Gasteiger partial charge in [0.2, 0.25) is 0 Å². The van der Waals surface area contributed by atoms with E-state index in [1.807, 2.05) is 37.2 Å². The number of hydrogen-bond acceptors (Lipinski definition) is 3. The monoisotopic (exact) mass is 216 g/mol. The summed E-state index contributed by atoms with van der Waals surface area (Å²) in [5.74, 6) is 0. The fourth-order valence-corrected chi connectivity index (χ4v) is 1.77. The molecule has 0 aliphatic rings. The molecule has 16 heavy (non-hydrogen) atoms. The third-order valence-electron chi connectivity index (χ3n) is 2.65. The molecule has 0 aliphatic heterocycles. The SMILES string of the molecule is CNCCc1c(-c2cccnc2)cnn1C. The highest BCUT2D eigenvalue weighted by Crippen LogP contribution is 2.22. The Hall–Kier alpha value is -1.68. The van der Waals surface area contributed by atoms with Crippen LogP contribution in [0, 0.1) is 0 Å². The van der Waals surface area contributed by atoms with E-state index in [1.54, 1.807) is 6.20 Å². The Labute approximate surface area is 95.3 Å². The fourth-order valence-electron chi connectivity index (χ4n) is 1.77. The molecule has 2 aromatic heterocycles. The van der Waals surface area contributed by atoms with E-state index in [9.17, 15) is 0 Å². The van der Waals surface area contributed by atoms with E-state index >= 15 is 0 Å². The van der Waals surface area contributed by atoms with Crippen LogP contribution in [0.4, 0.5) is 0 Å². The minimum absolute atomic E-state index is 0.951. The lowest BCUT2D eigenvalue weighted by atomic mass is 10.1. The second-order valence-corrected chi connectivity index (χ2v) is 3.72. The van der Waals surface area contributed by atoms with E-state index in [-0.39, 0.29) is 0 Å². The molecule has 0 saturated heterocycles. The quantitative estimate of drug-likeness (QED) is 0.836. The molecule has 0 amide bonds. The highest BCUT2D eigenvalue weighted by atomic mass is 15.3. The van der Waals surface area contributed by atoms with E-state index in [4.69, 9.17) is 0 Å². The van der Waals surface area contributed by atoms with Crippen LogP contribution in [0.15, 0.2) is 30.7 Å². The van der Waals surface area contributed by atoms with Gasteiger partial charge in [-0.15, -0.1) is 0 Å². The zero-order valence-electron chi connectivity index (χ0n) is 9.64. The summed E-state index contributed by atoms with van der Waals surface area (Å²) in [5, 5.41) is 7.46. The molecule has 1 N–H and O–H groups in total. The van der Waals surface area contributed by atoms with Crippen LogP contribution in [0.3, 0.4) is 0 Å². The summed E-state index contributed by atoms with van der Waals surface area (Å²) in [6.45, 7) is 0.951. The van der Waals surface area contributed by atoms with Crippen molar-refractivity contribution in [2.24, 2.45) is 7.05 Å². The number of nitrogens with one attached hydrogen (secondary N) is 1. The zero-order valence-corrected chi connectivity index (χ0v) is 9.64. The van der Waals surface area contributed by atoms with Gasteiger partial charge in [-0.2, -0.15) is 5.10 Å². The van der Waals surface area contributed by atoms with Crippen LogP contribution >= 0.6 is 0 Å². The lowest BCUT2D eigenvalue weighted by Crippen LogP contribution is -2.13. The van der Waals surface area contributed by atoms with Crippen molar-refractivity contribution in [3.63, 3.8) is 0 Å². The molecule has 0 spiro atoms. The first-order valence-corrected chi connectivity index (χ1v) is 5.39. The second kappa shape index (κ2) is 4.90. The van der Waals surface area contributed by atoms with Gasteiger partial charge in [0, 0.05) is 49.2 Å². The Kier molecular flexibility index (Phi) is 3.31. The lowest BCUT2D eigenvalue weighted by Gasteiger charge is -2.05. The fraction of sp³-hybridized carbons (Fsp3) is 0.333. The number of aryl methyl sites for hydroxylation is 1. The van der Waals surface area contributed by atoms with Gasteiger partial charge in [0.05, 0.1) is 6.20 Å². The van der Waals surface area contributed by atoms with Crippen LogP contribution < -0.4 is 5.32 Å². The molecule has 0 atom stereocenters. The van der Waals surface area contributed by atoms with E-state index in [2.05, 4.69) is 21.5 Å². The lowest BCUT2D eigenvalue weighted by molar-refractivity contribution is 0.682. The average molecular weight is 216 g/mol. The van der Waals surface area contributed by atoms with Gasteiger partial charge in [0.1, 0.15) is 0 Å². The first-order chi connectivity index (χ1) is 7.83. The number of likely N-dealkylation sites (N-methyl/N-ethyl adjacent to an activating group) is 1. The summed E-state index contributed by atoms with van der Waals surface area (Å²) in [4.78, 5) is 4.14. The molecule has 0 radical (unpaired) electrons. The predicted molar refractivity (Wildman–Crippen MR) is 64.1 cm³/mol. The molecule has 4 nitrogen and oxygen atoms in total. The van der Waals surface area contributed by atoms with Crippen molar-refractivity contribution in [2.75, 3.05) is 13.6 Å². The van der Waals surface area contributed by atoms with E-state index < -0.39 is 0 Å². The van der Waals surface area contributed by atoms with Gasteiger partial charge in [-0.05, 0) is 13.1 Å². The summed E-state index contributed by atoms with van der Waals surface area (Å²) < 4.78 is 1.93. The molecule has 0 unspecified atom stereocenters. The average Bonchev–Trinajstić information content (AvgIpc) is 2.69. The summed E-state index contributed by atoms with van der Waals surface area (Å²) in [6.07, 6.45) is 6.53. The summed E-state index contributed by atoms with van der Waals surface area (Å²) >= 11 is 0. The molecular formula is C12H16N4. The predicted octanol–water partition coefficient (Wildman–Crippen LogP) is 1.24. The van der Waals surface area contributed by atoms with Crippen LogP contribution in [0.5, 0.6) is 0 Å². The normalized spacial score (nSPS) is 10.6. The Morgan fingerprint density at radius 3 is 2.94 bits per heavy atom. The minimum Gasteiger partial charge on any atom is -0.319 e. The topological polar surface area (TPSA) is 42.7 Å². The summed E-state index contributed by atoms with van der Waals surface area (Å²) in [7, 11) is 3.94.